The highest BCUT2D eigenvalue weighted by Gasteiger charge is 2.51. The van der Waals surface area contributed by atoms with Crippen LogP contribution in [0.4, 0.5) is 0 Å². The summed E-state index contributed by atoms with van der Waals surface area (Å²) < 4.78 is 12.2. The summed E-state index contributed by atoms with van der Waals surface area (Å²) >= 11 is 7.71. The van der Waals surface area contributed by atoms with Gasteiger partial charge in [-0.2, -0.15) is 0 Å². The van der Waals surface area contributed by atoms with E-state index in [1.54, 1.807) is 13.2 Å². The first-order valence-electron chi connectivity index (χ1n) is 13.2. The first-order chi connectivity index (χ1) is 16.7. The molecule has 3 heterocycles. The van der Waals surface area contributed by atoms with Gasteiger partial charge in [-0.3, -0.25) is 9.69 Å². The fraction of sp³-hybridized carbons (Fsp3) is 0.960. The molecule has 10 heteroatoms. The van der Waals surface area contributed by atoms with E-state index in [-0.39, 0.29) is 12.0 Å². The summed E-state index contributed by atoms with van der Waals surface area (Å²) in [6.45, 7) is 3.22. The molecule has 4 fully saturated rings. The third-order valence-electron chi connectivity index (χ3n) is 8.76. The maximum Gasteiger partial charge on any atom is 0.240 e. The molecule has 4 rings (SSSR count). The SMILES string of the molecule is CSC1OC(C(NC(=O)C2C3OCCC(C4CCCCC4)CC3CN2C)C(C)Cl)C(O)C(O)C1O. The number of nitrogens with one attached hydrogen (secondary N) is 1. The van der Waals surface area contributed by atoms with Crippen LogP contribution in [0, 0.1) is 17.8 Å². The summed E-state index contributed by atoms with van der Waals surface area (Å²) in [7, 11) is 1.97. The summed E-state index contributed by atoms with van der Waals surface area (Å²) in [5.74, 6) is 1.55. The number of rotatable bonds is 6. The molecule has 0 spiro atoms. The van der Waals surface area contributed by atoms with Crippen molar-refractivity contribution in [3.8, 4) is 0 Å². The highest BCUT2D eigenvalue weighted by atomic mass is 35.5. The average Bonchev–Trinajstić information content (AvgIpc) is 3.01. The van der Waals surface area contributed by atoms with E-state index in [0.717, 1.165) is 25.3 Å². The fourth-order valence-electron chi connectivity index (χ4n) is 6.85. The quantitative estimate of drug-likeness (QED) is 0.380. The van der Waals surface area contributed by atoms with Gasteiger partial charge in [0.2, 0.25) is 5.91 Å². The lowest BCUT2D eigenvalue weighted by molar-refractivity contribution is -0.205. The molecule has 1 saturated carbocycles. The number of thioether (sulfide) groups is 1. The van der Waals surface area contributed by atoms with Gasteiger partial charge in [0.05, 0.1) is 17.5 Å². The lowest BCUT2D eigenvalue weighted by atomic mass is 9.75. The van der Waals surface area contributed by atoms with Crippen molar-refractivity contribution in [1.82, 2.24) is 10.2 Å². The Labute approximate surface area is 218 Å². The molecule has 11 atom stereocenters. The number of nitrogens with zero attached hydrogens (tertiary/aromatic N) is 1. The van der Waals surface area contributed by atoms with E-state index in [2.05, 4.69) is 10.2 Å². The van der Waals surface area contributed by atoms with Crippen molar-refractivity contribution in [3.63, 3.8) is 0 Å². The highest BCUT2D eigenvalue weighted by Crippen LogP contribution is 2.41. The molecule has 0 aromatic heterocycles. The van der Waals surface area contributed by atoms with Gasteiger partial charge in [0.15, 0.2) is 0 Å². The number of aliphatic hydroxyl groups excluding tert-OH is 3. The van der Waals surface area contributed by atoms with Crippen LogP contribution in [0.15, 0.2) is 0 Å². The molecule has 3 aliphatic heterocycles. The third-order valence-corrected chi connectivity index (χ3v) is 9.89. The van der Waals surface area contributed by atoms with Crippen LogP contribution in [0.1, 0.15) is 51.9 Å². The van der Waals surface area contributed by atoms with E-state index in [1.807, 2.05) is 7.05 Å². The zero-order valence-corrected chi connectivity index (χ0v) is 22.7. The van der Waals surface area contributed by atoms with Gasteiger partial charge in [0, 0.05) is 19.1 Å². The molecule has 4 N–H and O–H groups in total. The Kier molecular flexibility index (Phi) is 9.69. The number of fused-ring (bicyclic) bond motifs is 1. The van der Waals surface area contributed by atoms with E-state index in [9.17, 15) is 20.1 Å². The minimum atomic E-state index is -1.39. The van der Waals surface area contributed by atoms with Gasteiger partial charge >= 0.3 is 0 Å². The smallest absolute Gasteiger partial charge is 0.240 e. The molecule has 35 heavy (non-hydrogen) atoms. The Bertz CT molecular complexity index is 711. The average molecular weight is 535 g/mol. The topological polar surface area (TPSA) is 111 Å². The summed E-state index contributed by atoms with van der Waals surface area (Å²) in [6, 6.07) is -1.19. The Balaban J connectivity index is 1.45. The first kappa shape index (κ1) is 27.9. The molecular formula is C25H43ClN2O6S. The predicted octanol–water partition coefficient (Wildman–Crippen LogP) is 1.57. The molecule has 1 amide bonds. The molecule has 0 aromatic rings. The maximum atomic E-state index is 13.6. The predicted molar refractivity (Wildman–Crippen MR) is 136 cm³/mol. The number of likely N-dealkylation sites (tertiary alicyclic amines) is 1. The number of carbonyl (C=O) groups excluding carboxylic acids is 1. The molecular weight excluding hydrogens is 492 g/mol. The second-order valence-electron chi connectivity index (χ2n) is 11.1. The molecule has 8 nitrogen and oxygen atoms in total. The molecule has 0 radical (unpaired) electrons. The Morgan fingerprint density at radius 1 is 1.06 bits per heavy atom. The number of alkyl halides is 1. The van der Waals surface area contributed by atoms with Crippen molar-refractivity contribution in [2.24, 2.45) is 17.8 Å². The van der Waals surface area contributed by atoms with Gasteiger partial charge in [-0.1, -0.05) is 32.1 Å². The van der Waals surface area contributed by atoms with Crippen LogP contribution in [0.3, 0.4) is 0 Å². The number of halogens is 1. The lowest BCUT2D eigenvalue weighted by Gasteiger charge is -2.44. The molecule has 4 aliphatic rings. The molecule has 1 aliphatic carbocycles. The number of hydrogen-bond donors (Lipinski definition) is 4. The van der Waals surface area contributed by atoms with E-state index < -0.39 is 47.3 Å². The number of amides is 1. The van der Waals surface area contributed by atoms with E-state index in [1.165, 1.54) is 43.9 Å². The van der Waals surface area contributed by atoms with Crippen LogP contribution < -0.4 is 5.32 Å². The summed E-state index contributed by atoms with van der Waals surface area (Å²) in [4.78, 5) is 15.7. The largest absolute Gasteiger partial charge is 0.388 e. The lowest BCUT2D eigenvalue weighted by Crippen LogP contribution is -2.65. The number of aliphatic hydroxyl groups is 3. The van der Waals surface area contributed by atoms with Gasteiger partial charge in [-0.05, 0) is 44.9 Å². The molecule has 3 saturated heterocycles. The maximum absolute atomic E-state index is 13.6. The zero-order chi connectivity index (χ0) is 25.3. The monoisotopic (exact) mass is 534 g/mol. The van der Waals surface area contributed by atoms with Crippen molar-refractivity contribution in [2.75, 3.05) is 26.5 Å². The normalized spacial score (nSPS) is 43.2. The second-order valence-corrected chi connectivity index (χ2v) is 12.7. The number of hydrogen-bond acceptors (Lipinski definition) is 8. The zero-order valence-electron chi connectivity index (χ0n) is 21.1. The van der Waals surface area contributed by atoms with E-state index in [4.69, 9.17) is 21.1 Å². The van der Waals surface area contributed by atoms with E-state index in [0.29, 0.717) is 18.4 Å². The highest BCUT2D eigenvalue weighted by molar-refractivity contribution is 7.99. The van der Waals surface area contributed by atoms with Crippen LogP contribution in [0.5, 0.6) is 0 Å². The van der Waals surface area contributed by atoms with Gasteiger partial charge in [-0.25, -0.2) is 0 Å². The van der Waals surface area contributed by atoms with Gasteiger partial charge in [0.1, 0.15) is 35.9 Å². The van der Waals surface area contributed by atoms with E-state index >= 15 is 0 Å². The Hall–Kier alpha value is -0.130. The summed E-state index contributed by atoms with van der Waals surface area (Å²) in [5.41, 5.74) is -0.728. The van der Waals surface area contributed by atoms with Crippen molar-refractivity contribution in [3.05, 3.63) is 0 Å². The standard InChI is InChI=1S/C25H43ClN2O6S/c1-13(26)17(23-20(30)19(29)21(31)25(34-23)35-3)27-24(32)18-22-16(12-28(18)2)11-15(9-10-33-22)14-7-5-4-6-8-14/h13-23,25,29-31H,4-12H2,1-3H3,(H,27,32). The summed E-state index contributed by atoms with van der Waals surface area (Å²) in [5, 5.41) is 33.7. The Morgan fingerprint density at radius 2 is 1.77 bits per heavy atom. The molecule has 0 aromatic carbocycles. The van der Waals surface area contributed by atoms with Crippen molar-refractivity contribution in [2.45, 2.75) is 105 Å². The number of likely N-dealkylation sites (N-methyl/N-ethyl adjacent to an activating group) is 1. The van der Waals surface area contributed by atoms with Crippen molar-refractivity contribution >= 4 is 29.3 Å². The number of carbonyl (C=O) groups is 1. The third kappa shape index (κ3) is 5.98. The van der Waals surface area contributed by atoms with Crippen LogP contribution in [0.25, 0.3) is 0 Å². The molecule has 0 bridgehead atoms. The minimum Gasteiger partial charge on any atom is -0.388 e. The van der Waals surface area contributed by atoms with Crippen LogP contribution in [-0.4, -0.2) is 106 Å². The van der Waals surface area contributed by atoms with Crippen LogP contribution >= 0.6 is 23.4 Å². The van der Waals surface area contributed by atoms with Crippen LogP contribution in [0.2, 0.25) is 0 Å². The first-order valence-corrected chi connectivity index (χ1v) is 14.9. The molecule has 11 unspecified atom stereocenters. The summed E-state index contributed by atoms with van der Waals surface area (Å²) in [6.07, 6.45) is 5.45. The fourth-order valence-corrected chi connectivity index (χ4v) is 7.74. The van der Waals surface area contributed by atoms with Crippen LogP contribution in [-0.2, 0) is 14.3 Å². The molecule has 202 valence electrons. The van der Waals surface area contributed by atoms with Gasteiger partial charge in [0.25, 0.3) is 0 Å². The van der Waals surface area contributed by atoms with Gasteiger partial charge in [-0.15, -0.1) is 23.4 Å². The Morgan fingerprint density at radius 3 is 2.43 bits per heavy atom. The van der Waals surface area contributed by atoms with Gasteiger partial charge < -0.3 is 30.1 Å². The second kappa shape index (κ2) is 12.2. The number of ether oxygens (including phenoxy) is 2. The minimum absolute atomic E-state index is 0.177. The van der Waals surface area contributed by atoms with Crippen molar-refractivity contribution < 1.29 is 29.6 Å². The van der Waals surface area contributed by atoms with Crippen molar-refractivity contribution in [1.29, 1.82) is 0 Å².